The summed E-state index contributed by atoms with van der Waals surface area (Å²) in [4.78, 5) is 4.51. The second-order valence-corrected chi connectivity index (χ2v) is 3.85. The summed E-state index contributed by atoms with van der Waals surface area (Å²) < 4.78 is 3.18. The molecule has 3 heteroatoms. The Morgan fingerprint density at radius 1 is 1.21 bits per heavy atom. The van der Waals surface area contributed by atoms with Crippen molar-refractivity contribution in [1.82, 2.24) is 9.71 Å². The molecule has 1 N–H and O–H groups in total. The molecule has 14 heavy (non-hydrogen) atoms. The highest BCUT2D eigenvalue weighted by atomic mass is 32.2. The summed E-state index contributed by atoms with van der Waals surface area (Å²) >= 11 is 1.57. The Balaban J connectivity index is 2.32. The average molecular weight is 204 g/mol. The Labute approximate surface area is 87.9 Å². The average Bonchev–Trinajstić information content (AvgIpc) is 2.26. The van der Waals surface area contributed by atoms with Gasteiger partial charge in [0.2, 0.25) is 0 Å². The first-order valence-electron chi connectivity index (χ1n) is 4.65. The minimum atomic E-state index is 0.944. The number of aromatic nitrogens is 1. The molecule has 2 aromatic rings. The highest BCUT2D eigenvalue weighted by Gasteiger charge is 1.96. The lowest BCUT2D eigenvalue weighted by Crippen LogP contribution is -2.00. The van der Waals surface area contributed by atoms with Crippen LogP contribution < -0.4 is 4.72 Å². The molecule has 0 aliphatic rings. The van der Waals surface area contributed by atoms with Crippen molar-refractivity contribution in [2.75, 3.05) is 6.54 Å². The van der Waals surface area contributed by atoms with Gasteiger partial charge in [0, 0.05) is 11.9 Å². The Hall–Kier alpha value is -1.06. The van der Waals surface area contributed by atoms with Crippen LogP contribution in [0.1, 0.15) is 6.92 Å². The molecule has 0 bridgehead atoms. The summed E-state index contributed by atoms with van der Waals surface area (Å²) in [6.45, 7) is 3.02. The summed E-state index contributed by atoms with van der Waals surface area (Å²) in [7, 11) is 0. The van der Waals surface area contributed by atoms with Crippen molar-refractivity contribution in [2.24, 2.45) is 0 Å². The largest absolute Gasteiger partial charge is 0.259 e. The molecule has 0 aliphatic carbocycles. The molecule has 1 heterocycles. The molecule has 2 nitrogen and oxygen atoms in total. The first-order valence-corrected chi connectivity index (χ1v) is 5.47. The summed E-state index contributed by atoms with van der Waals surface area (Å²) in [5.41, 5.74) is 1.05. The zero-order chi connectivity index (χ0) is 9.80. The van der Waals surface area contributed by atoms with E-state index in [4.69, 9.17) is 0 Å². The maximum absolute atomic E-state index is 4.51. The van der Waals surface area contributed by atoms with E-state index in [-0.39, 0.29) is 0 Å². The van der Waals surface area contributed by atoms with E-state index in [1.165, 1.54) is 5.39 Å². The number of nitrogens with one attached hydrogen (secondary N) is 1. The van der Waals surface area contributed by atoms with Gasteiger partial charge in [-0.1, -0.05) is 31.2 Å². The van der Waals surface area contributed by atoms with E-state index in [0.29, 0.717) is 0 Å². The fourth-order valence-electron chi connectivity index (χ4n) is 1.25. The van der Waals surface area contributed by atoms with Crippen LogP contribution in [0.3, 0.4) is 0 Å². The molecule has 0 atom stereocenters. The maximum atomic E-state index is 4.51. The van der Waals surface area contributed by atoms with Crippen LogP contribution in [0.25, 0.3) is 10.9 Å². The number of fused-ring (bicyclic) bond motifs is 1. The topological polar surface area (TPSA) is 24.9 Å². The Bertz CT molecular complexity index is 428. The van der Waals surface area contributed by atoms with Crippen LogP contribution >= 0.6 is 11.9 Å². The van der Waals surface area contributed by atoms with Crippen LogP contribution in [0.4, 0.5) is 0 Å². The predicted octanol–water partition coefficient (Wildman–Crippen LogP) is 2.85. The van der Waals surface area contributed by atoms with E-state index in [2.05, 4.69) is 28.8 Å². The lowest BCUT2D eigenvalue weighted by atomic mass is 10.2. The van der Waals surface area contributed by atoms with E-state index in [9.17, 15) is 0 Å². The fraction of sp³-hybridized carbons (Fsp3) is 0.182. The molecule has 72 valence electrons. The standard InChI is InChI=1S/C11H12N2S/c1-2-12-14-11-8-7-9-5-3-4-6-10(9)13-11/h3-8,12H,2H2,1H3. The van der Waals surface area contributed by atoms with E-state index in [1.807, 2.05) is 24.3 Å². The quantitative estimate of drug-likeness (QED) is 0.778. The molecule has 2 rings (SSSR count). The van der Waals surface area contributed by atoms with E-state index in [1.54, 1.807) is 11.9 Å². The van der Waals surface area contributed by atoms with Crippen molar-refractivity contribution in [3.05, 3.63) is 36.4 Å². The molecule has 1 aromatic heterocycles. The van der Waals surface area contributed by atoms with Crippen LogP contribution in [-0.4, -0.2) is 11.5 Å². The highest BCUT2D eigenvalue weighted by molar-refractivity contribution is 7.97. The number of pyridine rings is 1. The van der Waals surface area contributed by atoms with Crippen molar-refractivity contribution in [1.29, 1.82) is 0 Å². The Morgan fingerprint density at radius 3 is 2.93 bits per heavy atom. The second kappa shape index (κ2) is 4.44. The molecule has 0 fully saturated rings. The Morgan fingerprint density at radius 2 is 2.07 bits per heavy atom. The Kier molecular flexibility index (Phi) is 3.01. The van der Waals surface area contributed by atoms with E-state index < -0.39 is 0 Å². The number of benzene rings is 1. The van der Waals surface area contributed by atoms with Gasteiger partial charge in [0.05, 0.1) is 5.52 Å². The van der Waals surface area contributed by atoms with Gasteiger partial charge in [0.1, 0.15) is 5.03 Å². The van der Waals surface area contributed by atoms with Gasteiger partial charge in [-0.2, -0.15) is 0 Å². The zero-order valence-corrected chi connectivity index (χ0v) is 8.84. The SMILES string of the molecule is CCNSc1ccc2ccccc2n1. The van der Waals surface area contributed by atoms with Gasteiger partial charge in [-0.05, 0) is 24.1 Å². The third kappa shape index (κ3) is 2.05. The van der Waals surface area contributed by atoms with Crippen LogP contribution in [0.5, 0.6) is 0 Å². The van der Waals surface area contributed by atoms with Crippen molar-refractivity contribution in [3.63, 3.8) is 0 Å². The van der Waals surface area contributed by atoms with Crippen molar-refractivity contribution in [2.45, 2.75) is 11.9 Å². The molecular formula is C11H12N2S. The first-order chi connectivity index (χ1) is 6.90. The number of hydrogen-bond donors (Lipinski definition) is 1. The zero-order valence-electron chi connectivity index (χ0n) is 8.03. The first kappa shape index (κ1) is 9.49. The number of para-hydroxylation sites is 1. The van der Waals surface area contributed by atoms with Crippen LogP contribution in [-0.2, 0) is 0 Å². The fourth-order valence-corrected chi connectivity index (χ4v) is 1.82. The van der Waals surface area contributed by atoms with Crippen LogP contribution in [0.15, 0.2) is 41.4 Å². The van der Waals surface area contributed by atoms with E-state index in [0.717, 1.165) is 17.1 Å². The molecule has 0 unspecified atom stereocenters. The number of hydrogen-bond acceptors (Lipinski definition) is 3. The molecule has 0 amide bonds. The summed E-state index contributed by atoms with van der Waals surface area (Å²) in [6.07, 6.45) is 0. The molecule has 1 aromatic carbocycles. The van der Waals surface area contributed by atoms with Crippen molar-refractivity contribution >= 4 is 22.9 Å². The second-order valence-electron chi connectivity index (χ2n) is 2.94. The van der Waals surface area contributed by atoms with Crippen molar-refractivity contribution < 1.29 is 0 Å². The van der Waals surface area contributed by atoms with E-state index >= 15 is 0 Å². The lowest BCUT2D eigenvalue weighted by Gasteiger charge is -2.01. The van der Waals surface area contributed by atoms with Gasteiger partial charge in [0.25, 0.3) is 0 Å². The summed E-state index contributed by atoms with van der Waals surface area (Å²) in [5, 5.41) is 2.21. The normalized spacial score (nSPS) is 10.6. The summed E-state index contributed by atoms with van der Waals surface area (Å²) in [5.74, 6) is 0. The maximum Gasteiger partial charge on any atom is 0.112 e. The third-order valence-electron chi connectivity index (χ3n) is 1.89. The van der Waals surface area contributed by atoms with Gasteiger partial charge in [0.15, 0.2) is 0 Å². The minimum Gasteiger partial charge on any atom is -0.259 e. The van der Waals surface area contributed by atoms with Gasteiger partial charge in [-0.3, -0.25) is 4.72 Å². The number of rotatable bonds is 3. The highest BCUT2D eigenvalue weighted by Crippen LogP contribution is 2.17. The summed E-state index contributed by atoms with van der Waals surface area (Å²) in [6, 6.07) is 12.3. The third-order valence-corrected chi connectivity index (χ3v) is 2.76. The molecule has 0 saturated carbocycles. The molecule has 0 radical (unpaired) electrons. The smallest absolute Gasteiger partial charge is 0.112 e. The monoisotopic (exact) mass is 204 g/mol. The minimum absolute atomic E-state index is 0.944. The van der Waals surface area contributed by atoms with Crippen molar-refractivity contribution in [3.8, 4) is 0 Å². The van der Waals surface area contributed by atoms with Gasteiger partial charge >= 0.3 is 0 Å². The molecule has 0 aliphatic heterocycles. The molecule has 0 spiro atoms. The van der Waals surface area contributed by atoms with Gasteiger partial charge in [-0.15, -0.1) is 0 Å². The molecule has 0 saturated heterocycles. The van der Waals surface area contributed by atoms with Gasteiger partial charge < -0.3 is 0 Å². The molecular weight excluding hydrogens is 192 g/mol. The van der Waals surface area contributed by atoms with Gasteiger partial charge in [-0.25, -0.2) is 4.98 Å². The van der Waals surface area contributed by atoms with Crippen LogP contribution in [0.2, 0.25) is 0 Å². The number of nitrogens with zero attached hydrogens (tertiary/aromatic N) is 1. The predicted molar refractivity (Wildman–Crippen MR) is 61.3 cm³/mol. The van der Waals surface area contributed by atoms with Crippen LogP contribution in [0, 0.1) is 0 Å². The lowest BCUT2D eigenvalue weighted by molar-refractivity contribution is 1.02.